The number of nitrogens with two attached hydrogens (primary N) is 8. The van der Waals surface area contributed by atoms with Gasteiger partial charge in [-0.15, -0.1) is 0 Å². The van der Waals surface area contributed by atoms with Crippen LogP contribution in [0, 0.1) is 0 Å². The van der Waals surface area contributed by atoms with E-state index in [1.807, 2.05) is 36.4 Å². The smallest absolute Gasteiger partial charge is 0.259 e. The maximum atomic E-state index is 15.2. The maximum Gasteiger partial charge on any atom is 0.259 e. The van der Waals surface area contributed by atoms with Crippen LogP contribution in [0.5, 0.6) is 46.0 Å². The van der Waals surface area contributed by atoms with E-state index in [1.165, 1.54) is 0 Å². The number of aromatic amines is 4. The molecule has 0 fully saturated rings. The highest BCUT2D eigenvalue weighted by Gasteiger charge is 2.17. The molecule has 0 aliphatic rings. The van der Waals surface area contributed by atoms with Crippen molar-refractivity contribution < 1.29 is 37.9 Å². The number of hydrogen-bond donors (Lipinski definition) is 12. The zero-order valence-electron chi connectivity index (χ0n) is 56.3. The minimum absolute atomic E-state index is 0.129. The molecule has 20 N–H and O–H groups in total. The van der Waals surface area contributed by atoms with Gasteiger partial charge in [0.15, 0.2) is 0 Å². The average molecular weight is 1370 g/mol. The van der Waals surface area contributed by atoms with Crippen molar-refractivity contribution in [3.8, 4) is 46.0 Å². The Hall–Kier alpha value is -10.3. The van der Waals surface area contributed by atoms with Gasteiger partial charge in [0.05, 0.1) is 74.4 Å². The Morgan fingerprint density at radius 3 is 0.740 bits per heavy atom. The molecule has 18 rings (SSSR count). The van der Waals surface area contributed by atoms with E-state index in [9.17, 15) is 0 Å². The molecule has 0 spiro atoms. The fourth-order valence-corrected chi connectivity index (χ4v) is 10.9. The van der Waals surface area contributed by atoms with E-state index in [0.717, 1.165) is 0 Å². The molecule has 10 aromatic heterocycles. The molecule has 10 heterocycles. The summed E-state index contributed by atoms with van der Waals surface area (Å²) in [6, 6.07) is 42.0. The fraction of sp³-hybridized carbons (Fsp3) is 0.316. The highest BCUT2D eigenvalue weighted by atomic mass is 16.5. The molecule has 0 unspecified atom stereocenters. The lowest BCUT2D eigenvalue weighted by Crippen LogP contribution is -2.11. The fourth-order valence-electron chi connectivity index (χ4n) is 10.9. The van der Waals surface area contributed by atoms with Crippen molar-refractivity contribution in [3.05, 3.63) is 187 Å². The van der Waals surface area contributed by atoms with Crippen LogP contribution in [0.25, 0.3) is 86.7 Å². The van der Waals surface area contributed by atoms with Crippen LogP contribution in [-0.2, 0) is 0 Å². The van der Waals surface area contributed by atoms with E-state index in [4.69, 9.17) is 83.8 Å². The summed E-state index contributed by atoms with van der Waals surface area (Å²) in [5.41, 5.74) is 47.3. The molecule has 0 radical (unpaired) electrons. The molecule has 0 atom stereocenters. The molecule has 8 aromatic carbocycles. The van der Waals surface area contributed by atoms with Gasteiger partial charge >= 0.3 is 0 Å². The average Bonchev–Trinajstić information content (AvgIpc) is 0.794. The molecule has 0 saturated carbocycles. The van der Waals surface area contributed by atoms with Crippen LogP contribution in [0.2, 0.25) is 0 Å². The van der Waals surface area contributed by atoms with E-state index in [-0.39, 0.29) is 97.4 Å². The van der Waals surface area contributed by atoms with Gasteiger partial charge in [-0.05, 0) is 199 Å². The Morgan fingerprint density at radius 1 is 0.230 bits per heavy atom. The second-order valence-electron chi connectivity index (χ2n) is 23.4. The largest absolute Gasteiger partial charge is 0.493 e. The number of para-hydroxylation sites is 2. The third-order valence-electron chi connectivity index (χ3n) is 15.9. The highest BCUT2D eigenvalue weighted by Crippen LogP contribution is 2.38. The first-order valence-corrected chi connectivity index (χ1v) is 33.9. The van der Waals surface area contributed by atoms with Crippen LogP contribution in [0.4, 0.5) is 0 Å². The van der Waals surface area contributed by atoms with Gasteiger partial charge in [0, 0.05) is 54.4 Å². The van der Waals surface area contributed by atoms with Crippen molar-refractivity contribution in [2.24, 2.45) is 45.9 Å². The molecule has 24 nitrogen and oxygen atoms in total. The summed E-state index contributed by atoms with van der Waals surface area (Å²) >= 11 is 0. The van der Waals surface area contributed by atoms with E-state index in [2.05, 4.69) is 19.9 Å². The molecule has 0 aliphatic heterocycles. The number of H-pyrrole nitrogens is 4. The third kappa shape index (κ3) is 19.5. The highest BCUT2D eigenvalue weighted by molar-refractivity contribution is 6.02. The standard InChI is InChI=1S/C76H92N12O12/c77-23-7-31-93-65-45-61-69(97-35-11-27-81)41-55(65)49-15-6-18-52(40-49)86-74(90)60-48-68(96-34-10-26-80)58(44-72(60)100-38-14-30-84)54-20-2-4-22-64(54)88-76(92)62-46-66(94-32-8-24-78)56(42-70(62)98-36-12-28-82)50-16-5-17-51(39-50)85-73(89)59-47-67(95-33-9-25-79)57(43-71(59)99-37-13-29-83)53-19-1-3-21-63(53)87-75(61)91/h1-6,15-22,39-48H,7-14,23-38,77-84H2,(H,85,89)(H,86,90)(H,87,91)(H,88,92). The number of aromatic nitrogens is 4. The van der Waals surface area contributed by atoms with Crippen LogP contribution < -0.4 is 106 Å². The van der Waals surface area contributed by atoms with Crippen molar-refractivity contribution in [3.63, 3.8) is 0 Å². The Kier molecular flexibility index (Phi) is 28.2. The Bertz CT molecular complexity index is 4600. The van der Waals surface area contributed by atoms with Crippen molar-refractivity contribution >= 4 is 86.7 Å². The zero-order valence-corrected chi connectivity index (χ0v) is 56.3. The van der Waals surface area contributed by atoms with Crippen LogP contribution in [0.3, 0.4) is 0 Å². The lowest BCUT2D eigenvalue weighted by molar-refractivity contribution is 0.310. The van der Waals surface area contributed by atoms with Gasteiger partial charge in [-0.2, -0.15) is 0 Å². The third-order valence-corrected chi connectivity index (χ3v) is 15.9. The number of benzene rings is 8. The molecule has 0 aliphatic carbocycles. The summed E-state index contributed by atoms with van der Waals surface area (Å²) in [6.07, 6.45) is 3.78. The Morgan fingerprint density at radius 2 is 0.460 bits per heavy atom. The molecular weight excluding hydrogens is 1270 g/mol. The lowest BCUT2D eigenvalue weighted by Gasteiger charge is -2.13. The summed E-state index contributed by atoms with van der Waals surface area (Å²) in [6.45, 7) is 3.94. The minimum Gasteiger partial charge on any atom is -0.493 e. The number of nitrogens with one attached hydrogen (secondary N) is 4. The van der Waals surface area contributed by atoms with Gasteiger partial charge in [0.25, 0.3) is 22.2 Å². The molecule has 12 bridgehead atoms. The van der Waals surface area contributed by atoms with E-state index in [0.29, 0.717) is 192 Å². The summed E-state index contributed by atoms with van der Waals surface area (Å²) in [7, 11) is 0. The first kappa shape index (κ1) is 74.0. The Balaban J connectivity index is 1.49. The van der Waals surface area contributed by atoms with Crippen LogP contribution >= 0.6 is 0 Å². The second-order valence-corrected chi connectivity index (χ2v) is 23.4. The van der Waals surface area contributed by atoms with Crippen molar-refractivity contribution in [1.82, 2.24) is 19.9 Å². The van der Waals surface area contributed by atoms with Crippen LogP contribution in [-0.4, -0.2) is 125 Å². The monoisotopic (exact) mass is 1360 g/mol. The summed E-state index contributed by atoms with van der Waals surface area (Å²) in [4.78, 5) is 73.0. The van der Waals surface area contributed by atoms with Crippen LogP contribution in [0.15, 0.2) is 165 Å². The predicted octanol–water partition coefficient (Wildman–Crippen LogP) is 8.55. The van der Waals surface area contributed by atoms with E-state index >= 15 is 19.2 Å². The van der Waals surface area contributed by atoms with Crippen molar-refractivity contribution in [2.45, 2.75) is 51.4 Å². The second kappa shape index (κ2) is 38.2. The van der Waals surface area contributed by atoms with E-state index < -0.39 is 22.2 Å². The van der Waals surface area contributed by atoms with E-state index in [1.54, 1.807) is 109 Å². The summed E-state index contributed by atoms with van der Waals surface area (Å²) < 4.78 is 51.8. The first-order valence-electron chi connectivity index (χ1n) is 33.9. The molecule has 0 saturated heterocycles. The minimum atomic E-state index is -0.553. The van der Waals surface area contributed by atoms with Gasteiger partial charge in [0.2, 0.25) is 0 Å². The molecule has 18 aromatic rings. The van der Waals surface area contributed by atoms with Gasteiger partial charge in [-0.1, -0.05) is 60.7 Å². The van der Waals surface area contributed by atoms with Crippen molar-refractivity contribution in [1.29, 1.82) is 0 Å². The normalized spacial score (nSPS) is 11.1. The van der Waals surface area contributed by atoms with Crippen molar-refractivity contribution in [2.75, 3.05) is 105 Å². The number of hydrogen-bond acceptors (Lipinski definition) is 20. The van der Waals surface area contributed by atoms with Gasteiger partial charge < -0.3 is 104 Å². The van der Waals surface area contributed by atoms with Gasteiger partial charge in [-0.25, -0.2) is 0 Å². The van der Waals surface area contributed by atoms with Gasteiger partial charge in [0.1, 0.15) is 46.0 Å². The summed E-state index contributed by atoms with van der Waals surface area (Å²) in [5.74, 6) is 2.06. The predicted molar refractivity (Wildman–Crippen MR) is 402 cm³/mol. The quantitative estimate of drug-likeness (QED) is 0.0176. The Labute approximate surface area is 577 Å². The molecule has 100 heavy (non-hydrogen) atoms. The molecule has 528 valence electrons. The lowest BCUT2D eigenvalue weighted by atomic mass is 10.1. The number of ether oxygens (including phenoxy) is 8. The number of rotatable bonds is 32. The van der Waals surface area contributed by atoms with Crippen LogP contribution in [0.1, 0.15) is 51.4 Å². The zero-order chi connectivity index (χ0) is 70.6. The topological polar surface area (TPSA) is 413 Å². The molecule has 0 amide bonds. The first-order chi connectivity index (χ1) is 48.9. The maximum absolute atomic E-state index is 15.2. The molecular formula is C76H92N12O12. The molecule has 24 heteroatoms. The summed E-state index contributed by atoms with van der Waals surface area (Å²) in [5, 5.41) is 4.76. The SMILES string of the molecule is NCCCOc1cc2c(OCCCN)cc1c(=O)[nH]c1cccc(c1)c1cc(OCCCN)c(cc1OCCCN)c(=O)[nH]c1ccccc1c1cc(OCCCN)c(cc1OCCCN)c(=O)[nH]c1cccc(c1)c1cc(OCCCN)c(cc1OCCCN)c(=O)[nH]c1ccccc12. The van der Waals surface area contributed by atoms with Gasteiger partial charge in [-0.3, -0.25) is 19.2 Å².